The second kappa shape index (κ2) is 21.8. The number of hydrogen-bond donors (Lipinski definition) is 0. The Kier molecular flexibility index (Phi) is 20.6. The Labute approximate surface area is 173 Å². The number of carbonyl (C=O) groups excluding carboxylic acids is 2. The second-order valence-electron chi connectivity index (χ2n) is 7.54. The maximum Gasteiger partial charge on any atom is 0.306 e. The molecule has 162 valence electrons. The van der Waals surface area contributed by atoms with Gasteiger partial charge in [0.25, 0.3) is 0 Å². The summed E-state index contributed by atoms with van der Waals surface area (Å²) < 4.78 is 10.00. The van der Waals surface area contributed by atoms with Crippen LogP contribution in [0.3, 0.4) is 0 Å². The van der Waals surface area contributed by atoms with Gasteiger partial charge in [0.1, 0.15) is 0 Å². The average molecular weight is 395 g/mol. The van der Waals surface area contributed by atoms with Crippen LogP contribution in [0.25, 0.3) is 0 Å². The first kappa shape index (κ1) is 26.5. The normalized spacial score (nSPS) is 10.4. The molecule has 0 atom stereocenters. The number of rotatable bonds is 20. The molecule has 0 aromatic carbocycles. The number of hydrogen-bond acceptors (Lipinski definition) is 4. The molecule has 0 aromatic rings. The summed E-state index contributed by atoms with van der Waals surface area (Å²) in [5.41, 5.74) is 0. The summed E-state index contributed by atoms with van der Waals surface area (Å²) in [5, 5.41) is 0. The van der Waals surface area contributed by atoms with Crippen LogP contribution < -0.4 is 0 Å². The number of terminal acetylenes is 1. The molecule has 0 aromatic heterocycles. The molecule has 0 aliphatic heterocycles. The molecular weight excluding hydrogens is 352 g/mol. The summed E-state index contributed by atoms with van der Waals surface area (Å²) in [6, 6.07) is 0. The van der Waals surface area contributed by atoms with Gasteiger partial charge < -0.3 is 9.47 Å². The summed E-state index contributed by atoms with van der Waals surface area (Å²) in [5.74, 6) is 1.77. The van der Waals surface area contributed by atoms with Gasteiger partial charge in [0.2, 0.25) is 0 Å². The van der Waals surface area contributed by atoms with E-state index in [1.54, 1.807) is 0 Å². The lowest BCUT2D eigenvalue weighted by Crippen LogP contribution is -2.07. The van der Waals surface area contributed by atoms with Gasteiger partial charge in [0.15, 0.2) is 6.61 Å². The van der Waals surface area contributed by atoms with E-state index in [1.807, 2.05) is 0 Å². The molecule has 0 rings (SSSR count). The van der Waals surface area contributed by atoms with Gasteiger partial charge in [-0.15, -0.1) is 6.42 Å². The molecule has 0 aliphatic rings. The highest BCUT2D eigenvalue weighted by Crippen LogP contribution is 2.12. The van der Waals surface area contributed by atoms with Crippen molar-refractivity contribution in [3.8, 4) is 12.3 Å². The number of esters is 2. The Morgan fingerprint density at radius 2 is 1.07 bits per heavy atom. The highest BCUT2D eigenvalue weighted by atomic mass is 16.5. The summed E-state index contributed by atoms with van der Waals surface area (Å²) in [4.78, 5) is 22.8. The highest BCUT2D eigenvalue weighted by molar-refractivity contribution is 5.70. The minimum Gasteiger partial charge on any atom is -0.466 e. The molecule has 0 saturated carbocycles. The van der Waals surface area contributed by atoms with Crippen LogP contribution in [0.5, 0.6) is 0 Å². The van der Waals surface area contributed by atoms with Crippen LogP contribution in [0.4, 0.5) is 0 Å². The van der Waals surface area contributed by atoms with Crippen molar-refractivity contribution in [2.45, 2.75) is 116 Å². The third kappa shape index (κ3) is 20.8. The van der Waals surface area contributed by atoms with E-state index in [4.69, 9.17) is 15.9 Å². The van der Waals surface area contributed by atoms with Crippen LogP contribution in [0.15, 0.2) is 0 Å². The lowest BCUT2D eigenvalue weighted by atomic mass is 10.0. The van der Waals surface area contributed by atoms with E-state index < -0.39 is 0 Å². The molecule has 0 aliphatic carbocycles. The lowest BCUT2D eigenvalue weighted by Gasteiger charge is -2.05. The Bertz CT molecular complexity index is 411. The predicted molar refractivity (Wildman–Crippen MR) is 115 cm³/mol. The van der Waals surface area contributed by atoms with E-state index >= 15 is 0 Å². The van der Waals surface area contributed by atoms with Crippen LogP contribution in [0.2, 0.25) is 0 Å². The van der Waals surface area contributed by atoms with Gasteiger partial charge in [-0.3, -0.25) is 9.59 Å². The van der Waals surface area contributed by atoms with Crippen LogP contribution >= 0.6 is 0 Å². The minimum atomic E-state index is -0.307. The fourth-order valence-corrected chi connectivity index (χ4v) is 3.11. The van der Waals surface area contributed by atoms with E-state index in [1.165, 1.54) is 70.6 Å². The molecule has 0 N–H and O–H groups in total. The van der Waals surface area contributed by atoms with E-state index in [2.05, 4.69) is 12.8 Å². The van der Waals surface area contributed by atoms with E-state index in [0.717, 1.165) is 12.8 Å². The molecule has 0 spiro atoms. The molecule has 0 saturated heterocycles. The maximum atomic E-state index is 11.6. The Balaban J connectivity index is 3.22. The monoisotopic (exact) mass is 394 g/mol. The summed E-state index contributed by atoms with van der Waals surface area (Å²) in [7, 11) is 0. The number of unbranched alkanes of at least 4 members (excludes halogenated alkanes) is 13. The van der Waals surface area contributed by atoms with Crippen molar-refractivity contribution in [2.24, 2.45) is 0 Å². The zero-order valence-corrected chi connectivity index (χ0v) is 18.1. The first-order valence-corrected chi connectivity index (χ1v) is 11.5. The SMILES string of the molecule is C#CCOC(=O)CCCCC(=O)OCCCCCCCCCCCCCCC. The topological polar surface area (TPSA) is 52.6 Å². The van der Waals surface area contributed by atoms with Gasteiger partial charge in [0.05, 0.1) is 6.61 Å². The fourth-order valence-electron chi connectivity index (χ4n) is 3.11. The Morgan fingerprint density at radius 1 is 0.643 bits per heavy atom. The molecule has 0 heterocycles. The summed E-state index contributed by atoms with van der Waals surface area (Å²) >= 11 is 0. The first-order chi connectivity index (χ1) is 13.7. The third-order valence-corrected chi connectivity index (χ3v) is 4.84. The largest absolute Gasteiger partial charge is 0.466 e. The molecule has 0 amide bonds. The molecule has 4 heteroatoms. The minimum absolute atomic E-state index is 0.0139. The van der Waals surface area contributed by atoms with Gasteiger partial charge in [-0.1, -0.05) is 89.9 Å². The molecule has 4 nitrogen and oxygen atoms in total. The maximum absolute atomic E-state index is 11.6. The Morgan fingerprint density at radius 3 is 1.54 bits per heavy atom. The standard InChI is InChI=1S/C24H42O4/c1-3-5-6-7-8-9-10-11-12-13-14-15-18-22-28-24(26)20-17-16-19-23(25)27-21-4-2/h2H,3,5-22H2,1H3. The molecule has 28 heavy (non-hydrogen) atoms. The van der Waals surface area contributed by atoms with Gasteiger partial charge in [0, 0.05) is 12.8 Å². The zero-order chi connectivity index (χ0) is 20.7. The van der Waals surface area contributed by atoms with Gasteiger partial charge >= 0.3 is 11.9 Å². The molecule has 0 bridgehead atoms. The summed E-state index contributed by atoms with van der Waals surface area (Å²) in [6.07, 6.45) is 23.9. The number of ether oxygens (including phenoxy) is 2. The van der Waals surface area contributed by atoms with Crippen molar-refractivity contribution in [1.29, 1.82) is 0 Å². The van der Waals surface area contributed by atoms with Crippen LogP contribution in [-0.2, 0) is 19.1 Å². The fraction of sp³-hybridized carbons (Fsp3) is 0.833. The third-order valence-electron chi connectivity index (χ3n) is 4.84. The Hall–Kier alpha value is -1.50. The van der Waals surface area contributed by atoms with Crippen molar-refractivity contribution >= 4 is 11.9 Å². The lowest BCUT2D eigenvalue weighted by molar-refractivity contribution is -0.145. The smallest absolute Gasteiger partial charge is 0.306 e. The molecule has 0 unspecified atom stereocenters. The van der Waals surface area contributed by atoms with E-state index in [9.17, 15) is 9.59 Å². The predicted octanol–water partition coefficient (Wildman–Crippen LogP) is 6.36. The summed E-state index contributed by atoms with van der Waals surface area (Å²) in [6.45, 7) is 2.79. The van der Waals surface area contributed by atoms with Crippen LogP contribution in [-0.4, -0.2) is 25.2 Å². The molecular formula is C24H42O4. The quantitative estimate of drug-likeness (QED) is 0.137. The first-order valence-electron chi connectivity index (χ1n) is 11.5. The van der Waals surface area contributed by atoms with Gasteiger partial charge in [-0.05, 0) is 19.3 Å². The van der Waals surface area contributed by atoms with Crippen molar-refractivity contribution < 1.29 is 19.1 Å². The van der Waals surface area contributed by atoms with Crippen molar-refractivity contribution in [3.05, 3.63) is 0 Å². The molecule has 0 fully saturated rings. The van der Waals surface area contributed by atoms with Gasteiger partial charge in [-0.2, -0.15) is 0 Å². The van der Waals surface area contributed by atoms with Crippen LogP contribution in [0.1, 0.15) is 116 Å². The van der Waals surface area contributed by atoms with Crippen molar-refractivity contribution in [1.82, 2.24) is 0 Å². The average Bonchev–Trinajstić information content (AvgIpc) is 2.69. The number of carbonyl (C=O) groups is 2. The van der Waals surface area contributed by atoms with E-state index in [-0.39, 0.29) is 18.5 Å². The van der Waals surface area contributed by atoms with Gasteiger partial charge in [-0.25, -0.2) is 0 Å². The van der Waals surface area contributed by atoms with Crippen LogP contribution in [0, 0.1) is 12.3 Å². The second-order valence-corrected chi connectivity index (χ2v) is 7.54. The highest BCUT2D eigenvalue weighted by Gasteiger charge is 2.05. The molecule has 0 radical (unpaired) electrons. The van der Waals surface area contributed by atoms with Crippen molar-refractivity contribution in [2.75, 3.05) is 13.2 Å². The van der Waals surface area contributed by atoms with E-state index in [0.29, 0.717) is 32.3 Å². The zero-order valence-electron chi connectivity index (χ0n) is 18.1. The van der Waals surface area contributed by atoms with Crippen molar-refractivity contribution in [3.63, 3.8) is 0 Å².